The summed E-state index contributed by atoms with van der Waals surface area (Å²) in [5.74, 6) is 3.30. The first-order valence-corrected chi connectivity index (χ1v) is 8.14. The van der Waals surface area contributed by atoms with Crippen molar-refractivity contribution in [1.29, 1.82) is 0 Å². The quantitative estimate of drug-likeness (QED) is 0.802. The van der Waals surface area contributed by atoms with Crippen LogP contribution in [-0.2, 0) is 13.6 Å². The van der Waals surface area contributed by atoms with Crippen molar-refractivity contribution in [2.45, 2.75) is 38.1 Å². The first-order valence-electron chi connectivity index (χ1n) is 8.14. The SMILES string of the molecule is Cn1c(CNc2ccnc(C3CCCC3)n2)nc2cccnc21. The van der Waals surface area contributed by atoms with Gasteiger partial charge in [0.1, 0.15) is 23.0 Å². The minimum Gasteiger partial charge on any atom is -0.363 e. The van der Waals surface area contributed by atoms with Crippen LogP contribution in [0.2, 0.25) is 0 Å². The number of aryl methyl sites for hydroxylation is 1. The Morgan fingerprint density at radius 3 is 2.83 bits per heavy atom. The van der Waals surface area contributed by atoms with Gasteiger partial charge in [0.05, 0.1) is 6.54 Å². The number of aromatic nitrogens is 5. The number of nitrogens with one attached hydrogen (secondary N) is 1. The van der Waals surface area contributed by atoms with Crippen LogP contribution in [0.25, 0.3) is 11.2 Å². The number of nitrogens with zero attached hydrogens (tertiary/aromatic N) is 5. The lowest BCUT2D eigenvalue weighted by Gasteiger charge is -2.10. The summed E-state index contributed by atoms with van der Waals surface area (Å²) in [6.07, 6.45) is 8.63. The Morgan fingerprint density at radius 1 is 1.13 bits per heavy atom. The third-order valence-corrected chi connectivity index (χ3v) is 4.54. The fourth-order valence-electron chi connectivity index (χ4n) is 3.25. The van der Waals surface area contributed by atoms with Gasteiger partial charge in [-0.25, -0.2) is 19.9 Å². The molecule has 3 aromatic rings. The van der Waals surface area contributed by atoms with Gasteiger partial charge in [-0.15, -0.1) is 0 Å². The zero-order valence-electron chi connectivity index (χ0n) is 13.2. The summed E-state index contributed by atoms with van der Waals surface area (Å²) in [4.78, 5) is 18.1. The Hall–Kier alpha value is -2.50. The Bertz CT molecular complexity index is 819. The molecular formula is C17H20N6. The second kappa shape index (κ2) is 5.95. The molecule has 0 amide bonds. The van der Waals surface area contributed by atoms with Crippen LogP contribution in [0.4, 0.5) is 5.82 Å². The molecule has 6 nitrogen and oxygen atoms in total. The van der Waals surface area contributed by atoms with E-state index in [0.717, 1.165) is 28.6 Å². The Labute approximate surface area is 135 Å². The van der Waals surface area contributed by atoms with Crippen molar-refractivity contribution in [1.82, 2.24) is 24.5 Å². The van der Waals surface area contributed by atoms with E-state index in [0.29, 0.717) is 12.5 Å². The molecule has 0 unspecified atom stereocenters. The van der Waals surface area contributed by atoms with E-state index < -0.39 is 0 Å². The Morgan fingerprint density at radius 2 is 2.00 bits per heavy atom. The molecule has 0 saturated heterocycles. The molecule has 6 heteroatoms. The third kappa shape index (κ3) is 2.76. The highest BCUT2D eigenvalue weighted by Crippen LogP contribution is 2.32. The van der Waals surface area contributed by atoms with Gasteiger partial charge in [0, 0.05) is 25.4 Å². The van der Waals surface area contributed by atoms with Gasteiger partial charge in [0.2, 0.25) is 0 Å². The number of hydrogen-bond acceptors (Lipinski definition) is 5. The summed E-state index contributed by atoms with van der Waals surface area (Å²) in [7, 11) is 1.99. The zero-order chi connectivity index (χ0) is 15.6. The van der Waals surface area contributed by atoms with Crippen LogP contribution in [0.15, 0.2) is 30.6 Å². The van der Waals surface area contributed by atoms with Crippen LogP contribution in [0.5, 0.6) is 0 Å². The summed E-state index contributed by atoms with van der Waals surface area (Å²) < 4.78 is 2.02. The van der Waals surface area contributed by atoms with E-state index in [1.165, 1.54) is 25.7 Å². The summed E-state index contributed by atoms with van der Waals surface area (Å²) >= 11 is 0. The molecule has 0 radical (unpaired) electrons. The maximum absolute atomic E-state index is 4.68. The highest BCUT2D eigenvalue weighted by molar-refractivity contribution is 5.71. The molecule has 4 rings (SSSR count). The van der Waals surface area contributed by atoms with Gasteiger partial charge in [-0.1, -0.05) is 12.8 Å². The summed E-state index contributed by atoms with van der Waals surface area (Å²) in [5, 5.41) is 3.36. The minimum atomic E-state index is 0.525. The van der Waals surface area contributed by atoms with Gasteiger partial charge < -0.3 is 9.88 Å². The van der Waals surface area contributed by atoms with E-state index in [1.807, 2.05) is 36.0 Å². The van der Waals surface area contributed by atoms with E-state index in [1.54, 1.807) is 6.20 Å². The molecule has 0 spiro atoms. The molecule has 1 saturated carbocycles. The predicted octanol–water partition coefficient (Wildman–Crippen LogP) is 3.03. The van der Waals surface area contributed by atoms with Crippen LogP contribution >= 0.6 is 0 Å². The molecule has 3 heterocycles. The molecule has 1 aliphatic carbocycles. The molecule has 0 aliphatic heterocycles. The van der Waals surface area contributed by atoms with Gasteiger partial charge in [-0.05, 0) is 31.0 Å². The molecule has 118 valence electrons. The number of hydrogen-bond donors (Lipinski definition) is 1. The van der Waals surface area contributed by atoms with Crippen LogP contribution in [-0.4, -0.2) is 24.5 Å². The molecular weight excluding hydrogens is 288 g/mol. The zero-order valence-corrected chi connectivity index (χ0v) is 13.2. The van der Waals surface area contributed by atoms with Gasteiger partial charge in [0.25, 0.3) is 0 Å². The standard InChI is InChI=1S/C17H20N6/c1-23-15(21-13-7-4-9-19-17(13)23)11-20-14-8-10-18-16(22-14)12-5-2-3-6-12/h4,7-10,12H,2-3,5-6,11H2,1H3,(H,18,20,22). The number of rotatable bonds is 4. The first-order chi connectivity index (χ1) is 11.3. The summed E-state index contributed by atoms with van der Waals surface area (Å²) in [5.41, 5.74) is 1.82. The number of pyridine rings is 1. The van der Waals surface area contributed by atoms with Crippen LogP contribution < -0.4 is 5.32 Å². The molecule has 0 aromatic carbocycles. The molecule has 23 heavy (non-hydrogen) atoms. The van der Waals surface area contributed by atoms with E-state index in [9.17, 15) is 0 Å². The second-order valence-electron chi connectivity index (χ2n) is 6.07. The van der Waals surface area contributed by atoms with Gasteiger partial charge >= 0.3 is 0 Å². The summed E-state index contributed by atoms with van der Waals surface area (Å²) in [6, 6.07) is 5.80. The third-order valence-electron chi connectivity index (χ3n) is 4.54. The van der Waals surface area contributed by atoms with E-state index in [2.05, 4.69) is 25.3 Å². The normalized spacial score (nSPS) is 15.3. The fraction of sp³-hybridized carbons (Fsp3) is 0.412. The van der Waals surface area contributed by atoms with Gasteiger partial charge in [0.15, 0.2) is 5.65 Å². The highest BCUT2D eigenvalue weighted by Gasteiger charge is 2.19. The maximum Gasteiger partial charge on any atom is 0.159 e. The van der Waals surface area contributed by atoms with Crippen LogP contribution in [0.3, 0.4) is 0 Å². The monoisotopic (exact) mass is 308 g/mol. The Balaban J connectivity index is 1.51. The van der Waals surface area contributed by atoms with Crippen molar-refractivity contribution in [3.05, 3.63) is 42.2 Å². The summed E-state index contributed by atoms with van der Waals surface area (Å²) in [6.45, 7) is 0.619. The van der Waals surface area contributed by atoms with E-state index in [4.69, 9.17) is 0 Å². The first kappa shape index (κ1) is 14.1. The second-order valence-corrected chi connectivity index (χ2v) is 6.07. The van der Waals surface area contributed by atoms with Crippen LogP contribution in [0, 0.1) is 0 Å². The van der Waals surface area contributed by atoms with Crippen molar-refractivity contribution in [3.8, 4) is 0 Å². The Kier molecular flexibility index (Phi) is 3.65. The number of fused-ring (bicyclic) bond motifs is 1. The molecule has 0 bridgehead atoms. The lowest BCUT2D eigenvalue weighted by molar-refractivity contribution is 0.668. The van der Waals surface area contributed by atoms with Crippen molar-refractivity contribution in [2.75, 3.05) is 5.32 Å². The molecule has 3 aromatic heterocycles. The molecule has 1 fully saturated rings. The maximum atomic E-state index is 4.68. The number of anilines is 1. The van der Waals surface area contributed by atoms with Crippen LogP contribution in [0.1, 0.15) is 43.3 Å². The van der Waals surface area contributed by atoms with Gasteiger partial charge in [-0.2, -0.15) is 0 Å². The van der Waals surface area contributed by atoms with E-state index in [-0.39, 0.29) is 0 Å². The minimum absolute atomic E-state index is 0.525. The average Bonchev–Trinajstić information content (AvgIpc) is 3.22. The van der Waals surface area contributed by atoms with Gasteiger partial charge in [-0.3, -0.25) is 0 Å². The predicted molar refractivity (Wildman–Crippen MR) is 89.1 cm³/mol. The van der Waals surface area contributed by atoms with E-state index >= 15 is 0 Å². The van der Waals surface area contributed by atoms with Crippen molar-refractivity contribution in [2.24, 2.45) is 7.05 Å². The lowest BCUT2D eigenvalue weighted by atomic mass is 10.1. The largest absolute Gasteiger partial charge is 0.363 e. The lowest BCUT2D eigenvalue weighted by Crippen LogP contribution is -2.09. The molecule has 1 N–H and O–H groups in total. The highest BCUT2D eigenvalue weighted by atomic mass is 15.1. The smallest absolute Gasteiger partial charge is 0.159 e. The van der Waals surface area contributed by atoms with Crippen molar-refractivity contribution < 1.29 is 0 Å². The van der Waals surface area contributed by atoms with Crippen molar-refractivity contribution in [3.63, 3.8) is 0 Å². The topological polar surface area (TPSA) is 68.5 Å². The number of imidazole rings is 1. The van der Waals surface area contributed by atoms with Crippen molar-refractivity contribution >= 4 is 17.0 Å². The average molecular weight is 308 g/mol. The molecule has 1 aliphatic rings. The molecule has 0 atom stereocenters. The fourth-order valence-corrected chi connectivity index (χ4v) is 3.25.